The Hall–Kier alpha value is -2.45. The molecule has 1 unspecified atom stereocenters. The van der Waals surface area contributed by atoms with Gasteiger partial charge in [0.2, 0.25) is 21.8 Å². The lowest BCUT2D eigenvalue weighted by molar-refractivity contribution is -0.127. The summed E-state index contributed by atoms with van der Waals surface area (Å²) in [6.07, 6.45) is 0.386. The number of fused-ring (bicyclic) bond motifs is 1. The van der Waals surface area contributed by atoms with Crippen LogP contribution in [-0.4, -0.2) is 32.8 Å². The van der Waals surface area contributed by atoms with Crippen molar-refractivity contribution < 1.29 is 18.0 Å². The molecule has 0 aromatic heterocycles. The molecule has 0 radical (unpaired) electrons. The summed E-state index contributed by atoms with van der Waals surface area (Å²) in [6.45, 7) is 3.31. The minimum absolute atomic E-state index is 0.0945. The van der Waals surface area contributed by atoms with E-state index in [9.17, 15) is 18.0 Å². The van der Waals surface area contributed by atoms with E-state index in [1.54, 1.807) is 18.2 Å². The quantitative estimate of drug-likeness (QED) is 0.639. The molecule has 0 aliphatic heterocycles. The van der Waals surface area contributed by atoms with Gasteiger partial charge in [-0.05, 0) is 23.8 Å². The predicted molar refractivity (Wildman–Crippen MR) is 99.7 cm³/mol. The van der Waals surface area contributed by atoms with Crippen LogP contribution in [0.3, 0.4) is 0 Å². The summed E-state index contributed by atoms with van der Waals surface area (Å²) >= 11 is 0. The van der Waals surface area contributed by atoms with E-state index in [4.69, 9.17) is 5.73 Å². The third-order valence-corrected chi connectivity index (χ3v) is 5.31. The van der Waals surface area contributed by atoms with Crippen molar-refractivity contribution in [2.24, 2.45) is 11.7 Å². The predicted octanol–water partition coefficient (Wildman–Crippen LogP) is 1.13. The Morgan fingerprint density at radius 2 is 1.73 bits per heavy atom. The fourth-order valence-electron chi connectivity index (χ4n) is 2.63. The zero-order valence-corrected chi connectivity index (χ0v) is 15.5. The SMILES string of the molecule is CC(C)CC(NC(=O)CNS(=O)(=O)c1cccc2ccccc12)C(N)=O. The highest BCUT2D eigenvalue weighted by Crippen LogP contribution is 2.22. The third-order valence-electron chi connectivity index (χ3n) is 3.85. The molecule has 8 heteroatoms. The number of primary amides is 1. The molecule has 140 valence electrons. The number of sulfonamides is 1. The van der Waals surface area contributed by atoms with Crippen molar-refractivity contribution in [3.63, 3.8) is 0 Å². The lowest BCUT2D eigenvalue weighted by Gasteiger charge is -2.17. The molecule has 26 heavy (non-hydrogen) atoms. The van der Waals surface area contributed by atoms with E-state index in [0.29, 0.717) is 11.8 Å². The van der Waals surface area contributed by atoms with Crippen molar-refractivity contribution in [3.8, 4) is 0 Å². The zero-order valence-electron chi connectivity index (χ0n) is 14.7. The highest BCUT2D eigenvalue weighted by molar-refractivity contribution is 7.89. The number of nitrogens with two attached hydrogens (primary N) is 1. The minimum atomic E-state index is -3.89. The second-order valence-corrected chi connectivity index (χ2v) is 8.19. The van der Waals surface area contributed by atoms with Crippen molar-refractivity contribution in [1.29, 1.82) is 0 Å². The zero-order chi connectivity index (χ0) is 19.3. The van der Waals surface area contributed by atoms with Crippen LogP contribution in [0.2, 0.25) is 0 Å². The molecule has 2 aromatic carbocycles. The maximum absolute atomic E-state index is 12.6. The van der Waals surface area contributed by atoms with Gasteiger partial charge < -0.3 is 11.1 Å². The Morgan fingerprint density at radius 3 is 2.38 bits per heavy atom. The van der Waals surface area contributed by atoms with Gasteiger partial charge >= 0.3 is 0 Å². The monoisotopic (exact) mass is 377 g/mol. The lowest BCUT2D eigenvalue weighted by Crippen LogP contribution is -2.48. The summed E-state index contributed by atoms with van der Waals surface area (Å²) in [5, 5.41) is 3.82. The molecule has 0 saturated carbocycles. The fourth-order valence-corrected chi connectivity index (χ4v) is 3.84. The van der Waals surface area contributed by atoms with E-state index in [-0.39, 0.29) is 10.8 Å². The van der Waals surface area contributed by atoms with E-state index < -0.39 is 34.4 Å². The van der Waals surface area contributed by atoms with Gasteiger partial charge in [-0.25, -0.2) is 13.1 Å². The van der Waals surface area contributed by atoms with E-state index in [1.807, 2.05) is 32.0 Å². The maximum atomic E-state index is 12.6. The largest absolute Gasteiger partial charge is 0.368 e. The highest BCUT2D eigenvalue weighted by atomic mass is 32.2. The molecular formula is C18H23N3O4S. The Morgan fingerprint density at radius 1 is 1.08 bits per heavy atom. The van der Waals surface area contributed by atoms with Gasteiger partial charge in [0, 0.05) is 5.39 Å². The first-order chi connectivity index (χ1) is 12.2. The summed E-state index contributed by atoms with van der Waals surface area (Å²) < 4.78 is 27.4. The molecule has 0 saturated heterocycles. The molecule has 0 spiro atoms. The first kappa shape index (κ1) is 19.9. The summed E-state index contributed by atoms with van der Waals surface area (Å²) in [6, 6.07) is 11.2. The second-order valence-electron chi connectivity index (χ2n) is 6.45. The van der Waals surface area contributed by atoms with Gasteiger partial charge in [0.15, 0.2) is 0 Å². The number of hydrogen-bond acceptors (Lipinski definition) is 4. The van der Waals surface area contributed by atoms with Gasteiger partial charge in [-0.1, -0.05) is 50.2 Å². The van der Waals surface area contributed by atoms with E-state index in [0.717, 1.165) is 5.39 Å². The fraction of sp³-hybridized carbons (Fsp3) is 0.333. The van der Waals surface area contributed by atoms with Crippen LogP contribution in [0, 0.1) is 5.92 Å². The van der Waals surface area contributed by atoms with Crippen LogP contribution in [0.15, 0.2) is 47.4 Å². The van der Waals surface area contributed by atoms with Gasteiger partial charge in [0.05, 0.1) is 11.4 Å². The van der Waals surface area contributed by atoms with Crippen LogP contribution in [0.1, 0.15) is 20.3 Å². The summed E-state index contributed by atoms with van der Waals surface area (Å²) in [5.41, 5.74) is 5.28. The molecule has 4 N–H and O–H groups in total. The first-order valence-corrected chi connectivity index (χ1v) is 9.75. The minimum Gasteiger partial charge on any atom is -0.368 e. The van der Waals surface area contributed by atoms with Gasteiger partial charge in [-0.2, -0.15) is 0 Å². The molecule has 0 aliphatic carbocycles. The van der Waals surface area contributed by atoms with Crippen LogP contribution in [-0.2, 0) is 19.6 Å². The number of amides is 2. The molecule has 0 heterocycles. The van der Waals surface area contributed by atoms with Crippen LogP contribution in [0.4, 0.5) is 0 Å². The van der Waals surface area contributed by atoms with Gasteiger partial charge in [-0.3, -0.25) is 9.59 Å². The molecule has 2 rings (SSSR count). The topological polar surface area (TPSA) is 118 Å². The Kier molecular flexibility index (Phi) is 6.33. The molecule has 2 aromatic rings. The molecule has 0 aliphatic rings. The maximum Gasteiger partial charge on any atom is 0.241 e. The summed E-state index contributed by atoms with van der Waals surface area (Å²) in [4.78, 5) is 23.5. The molecular weight excluding hydrogens is 354 g/mol. The number of benzene rings is 2. The normalized spacial score (nSPS) is 12.9. The van der Waals surface area contributed by atoms with Crippen molar-refractivity contribution in [2.45, 2.75) is 31.2 Å². The number of carbonyl (C=O) groups excluding carboxylic acids is 2. The third kappa shape index (κ3) is 5.03. The van der Waals surface area contributed by atoms with E-state index in [2.05, 4.69) is 10.0 Å². The summed E-state index contributed by atoms with van der Waals surface area (Å²) in [5.74, 6) is -1.11. The average Bonchev–Trinajstić information content (AvgIpc) is 2.58. The average molecular weight is 377 g/mol. The molecule has 0 bridgehead atoms. The van der Waals surface area contributed by atoms with Gasteiger partial charge in [0.25, 0.3) is 0 Å². The Bertz CT molecular complexity index is 904. The number of hydrogen-bond donors (Lipinski definition) is 3. The molecule has 7 nitrogen and oxygen atoms in total. The van der Waals surface area contributed by atoms with Crippen LogP contribution >= 0.6 is 0 Å². The van der Waals surface area contributed by atoms with Crippen LogP contribution in [0.5, 0.6) is 0 Å². The molecule has 2 amide bonds. The van der Waals surface area contributed by atoms with Crippen molar-refractivity contribution in [2.75, 3.05) is 6.54 Å². The van der Waals surface area contributed by atoms with E-state index >= 15 is 0 Å². The highest BCUT2D eigenvalue weighted by Gasteiger charge is 2.22. The van der Waals surface area contributed by atoms with Crippen molar-refractivity contribution >= 4 is 32.6 Å². The molecule has 0 fully saturated rings. The van der Waals surface area contributed by atoms with E-state index in [1.165, 1.54) is 6.07 Å². The van der Waals surface area contributed by atoms with Crippen molar-refractivity contribution in [1.82, 2.24) is 10.0 Å². The van der Waals surface area contributed by atoms with Gasteiger partial charge in [0.1, 0.15) is 6.04 Å². The van der Waals surface area contributed by atoms with Crippen LogP contribution < -0.4 is 15.8 Å². The lowest BCUT2D eigenvalue weighted by atomic mass is 10.0. The summed E-state index contributed by atoms with van der Waals surface area (Å²) in [7, 11) is -3.89. The second kappa shape index (κ2) is 8.29. The molecule has 1 atom stereocenters. The number of rotatable bonds is 8. The Balaban J connectivity index is 2.10. The Labute approximate surface area is 153 Å². The van der Waals surface area contributed by atoms with Crippen molar-refractivity contribution in [3.05, 3.63) is 42.5 Å². The standard InChI is InChI=1S/C18H23N3O4S/c1-12(2)10-15(18(19)23)21-17(22)11-20-26(24,25)16-9-5-7-13-6-3-4-8-14(13)16/h3-9,12,15,20H,10-11H2,1-2H3,(H2,19,23)(H,21,22). The van der Waals surface area contributed by atoms with Crippen LogP contribution in [0.25, 0.3) is 10.8 Å². The smallest absolute Gasteiger partial charge is 0.241 e. The van der Waals surface area contributed by atoms with Gasteiger partial charge in [-0.15, -0.1) is 0 Å². The number of carbonyl (C=O) groups is 2. The first-order valence-electron chi connectivity index (χ1n) is 8.27. The number of nitrogens with one attached hydrogen (secondary N) is 2.